The van der Waals surface area contributed by atoms with Crippen molar-refractivity contribution >= 4 is 23.2 Å². The first-order chi connectivity index (χ1) is 11.0. The number of primary amides is 1. The molecule has 2 amide bonds. The van der Waals surface area contributed by atoms with E-state index in [-0.39, 0.29) is 5.91 Å². The summed E-state index contributed by atoms with van der Waals surface area (Å²) >= 11 is 0. The molecular formula is C18H21N3O2. The molecule has 23 heavy (non-hydrogen) atoms. The predicted molar refractivity (Wildman–Crippen MR) is 92.5 cm³/mol. The van der Waals surface area contributed by atoms with Crippen molar-refractivity contribution in [2.45, 2.75) is 26.3 Å². The minimum Gasteiger partial charge on any atom is -0.374 e. The monoisotopic (exact) mass is 311 g/mol. The van der Waals surface area contributed by atoms with Gasteiger partial charge in [-0.3, -0.25) is 9.59 Å². The van der Waals surface area contributed by atoms with Gasteiger partial charge in [-0.2, -0.15) is 0 Å². The number of anilines is 2. The maximum atomic E-state index is 12.3. The molecule has 120 valence electrons. The van der Waals surface area contributed by atoms with E-state index in [1.165, 1.54) is 0 Å². The number of benzene rings is 2. The van der Waals surface area contributed by atoms with E-state index in [0.29, 0.717) is 11.3 Å². The first-order valence-electron chi connectivity index (χ1n) is 7.56. The Balaban J connectivity index is 2.01. The quantitative estimate of drug-likeness (QED) is 0.767. The van der Waals surface area contributed by atoms with Crippen LogP contribution in [0.25, 0.3) is 0 Å². The van der Waals surface area contributed by atoms with E-state index in [1.54, 1.807) is 31.2 Å². The van der Waals surface area contributed by atoms with E-state index in [4.69, 9.17) is 5.73 Å². The molecular weight excluding hydrogens is 290 g/mol. The number of nitrogens with one attached hydrogen (secondary N) is 2. The molecule has 0 bridgehead atoms. The van der Waals surface area contributed by atoms with Crippen LogP contribution in [0.15, 0.2) is 48.5 Å². The zero-order valence-electron chi connectivity index (χ0n) is 13.3. The average molecular weight is 311 g/mol. The molecule has 1 atom stereocenters. The number of carbonyl (C=O) groups excluding carboxylic acids is 2. The molecule has 0 saturated carbocycles. The van der Waals surface area contributed by atoms with Crippen molar-refractivity contribution in [2.24, 2.45) is 5.73 Å². The summed E-state index contributed by atoms with van der Waals surface area (Å²) in [6.07, 6.45) is 0.895. The Hall–Kier alpha value is -2.82. The highest BCUT2D eigenvalue weighted by Gasteiger charge is 2.14. The van der Waals surface area contributed by atoms with Crippen LogP contribution >= 0.6 is 0 Å². The highest BCUT2D eigenvalue weighted by molar-refractivity contribution is 5.97. The summed E-state index contributed by atoms with van der Waals surface area (Å²) < 4.78 is 0. The zero-order chi connectivity index (χ0) is 16.8. The number of hydrogen-bond donors (Lipinski definition) is 3. The highest BCUT2D eigenvalue weighted by Crippen LogP contribution is 2.17. The van der Waals surface area contributed by atoms with Gasteiger partial charge in [-0.05, 0) is 49.2 Å². The number of carbonyl (C=O) groups is 2. The maximum absolute atomic E-state index is 12.3. The normalized spacial score (nSPS) is 11.6. The summed E-state index contributed by atoms with van der Waals surface area (Å²) in [4.78, 5) is 23.3. The highest BCUT2D eigenvalue weighted by atomic mass is 16.2. The lowest BCUT2D eigenvalue weighted by Gasteiger charge is -2.17. The Kier molecular flexibility index (Phi) is 5.36. The van der Waals surface area contributed by atoms with Crippen LogP contribution in [0, 0.1) is 0 Å². The van der Waals surface area contributed by atoms with Crippen molar-refractivity contribution in [3.8, 4) is 0 Å². The Labute approximate surface area is 135 Å². The minimum atomic E-state index is -0.492. The van der Waals surface area contributed by atoms with E-state index in [1.807, 2.05) is 24.3 Å². The van der Waals surface area contributed by atoms with Gasteiger partial charge in [-0.1, -0.05) is 25.1 Å². The summed E-state index contributed by atoms with van der Waals surface area (Å²) in [7, 11) is 0. The van der Waals surface area contributed by atoms with E-state index in [0.717, 1.165) is 17.7 Å². The molecule has 5 nitrogen and oxygen atoms in total. The van der Waals surface area contributed by atoms with Crippen LogP contribution in [0.3, 0.4) is 0 Å². The first kappa shape index (κ1) is 16.5. The SMILES string of the molecule is CCc1ccccc1N[C@H](C)C(=O)Nc1ccc(C(N)=O)cc1. The average Bonchev–Trinajstić information content (AvgIpc) is 2.55. The molecule has 0 fully saturated rings. The third-order valence-electron chi connectivity index (χ3n) is 3.60. The fraction of sp³-hybridized carbons (Fsp3) is 0.222. The van der Waals surface area contributed by atoms with Gasteiger partial charge < -0.3 is 16.4 Å². The van der Waals surface area contributed by atoms with Crippen molar-refractivity contribution in [2.75, 3.05) is 10.6 Å². The second-order valence-corrected chi connectivity index (χ2v) is 5.31. The largest absolute Gasteiger partial charge is 0.374 e. The van der Waals surface area contributed by atoms with Gasteiger partial charge in [-0.25, -0.2) is 0 Å². The number of aryl methyl sites for hydroxylation is 1. The van der Waals surface area contributed by atoms with Crippen LogP contribution < -0.4 is 16.4 Å². The molecule has 0 unspecified atom stereocenters. The van der Waals surface area contributed by atoms with Gasteiger partial charge in [0.05, 0.1) is 0 Å². The Bertz CT molecular complexity index is 696. The molecule has 0 spiro atoms. The number of nitrogens with two attached hydrogens (primary N) is 1. The summed E-state index contributed by atoms with van der Waals surface area (Å²) in [5, 5.41) is 6.04. The number of para-hydroxylation sites is 1. The molecule has 0 radical (unpaired) electrons. The predicted octanol–water partition coefficient (Wildman–Crippen LogP) is 2.79. The van der Waals surface area contributed by atoms with Crippen molar-refractivity contribution < 1.29 is 9.59 Å². The summed E-state index contributed by atoms with van der Waals surface area (Å²) in [6.45, 7) is 3.88. The maximum Gasteiger partial charge on any atom is 0.248 e. The Morgan fingerprint density at radius 1 is 1.09 bits per heavy atom. The first-order valence-corrected chi connectivity index (χ1v) is 7.56. The number of amides is 2. The van der Waals surface area contributed by atoms with Crippen molar-refractivity contribution in [1.29, 1.82) is 0 Å². The lowest BCUT2D eigenvalue weighted by molar-refractivity contribution is -0.116. The second-order valence-electron chi connectivity index (χ2n) is 5.31. The summed E-state index contributed by atoms with van der Waals surface area (Å²) in [5.74, 6) is -0.642. The van der Waals surface area contributed by atoms with E-state index in [2.05, 4.69) is 17.6 Å². The minimum absolute atomic E-state index is 0.150. The zero-order valence-corrected chi connectivity index (χ0v) is 13.3. The molecule has 2 aromatic rings. The molecule has 0 aliphatic carbocycles. The molecule has 0 aliphatic heterocycles. The van der Waals surface area contributed by atoms with Gasteiger partial charge in [0.25, 0.3) is 0 Å². The number of rotatable bonds is 6. The van der Waals surface area contributed by atoms with Gasteiger partial charge in [0.15, 0.2) is 0 Å². The third kappa shape index (κ3) is 4.32. The summed E-state index contributed by atoms with van der Waals surface area (Å²) in [5.41, 5.74) is 8.35. The molecule has 0 aromatic heterocycles. The van der Waals surface area contributed by atoms with Crippen LogP contribution in [0.5, 0.6) is 0 Å². The topological polar surface area (TPSA) is 84.2 Å². The molecule has 0 aliphatic rings. The smallest absolute Gasteiger partial charge is 0.248 e. The van der Waals surface area contributed by atoms with Crippen molar-refractivity contribution in [1.82, 2.24) is 0 Å². The molecule has 5 heteroatoms. The van der Waals surface area contributed by atoms with Crippen LogP contribution in [0.4, 0.5) is 11.4 Å². The van der Waals surface area contributed by atoms with Crippen LogP contribution in [-0.4, -0.2) is 17.9 Å². The van der Waals surface area contributed by atoms with Gasteiger partial charge in [0.1, 0.15) is 6.04 Å². The molecule has 4 N–H and O–H groups in total. The fourth-order valence-corrected chi connectivity index (χ4v) is 2.24. The van der Waals surface area contributed by atoms with Crippen LogP contribution in [-0.2, 0) is 11.2 Å². The standard InChI is InChI=1S/C18H21N3O2/c1-3-13-6-4-5-7-16(13)20-12(2)18(23)21-15-10-8-14(9-11-15)17(19)22/h4-12,20H,3H2,1-2H3,(H2,19,22)(H,21,23)/t12-/m1/s1. The van der Waals surface area contributed by atoms with Gasteiger partial charge in [-0.15, -0.1) is 0 Å². The van der Waals surface area contributed by atoms with Crippen LogP contribution in [0.1, 0.15) is 29.8 Å². The molecule has 0 heterocycles. The molecule has 0 saturated heterocycles. The van der Waals surface area contributed by atoms with Gasteiger partial charge in [0.2, 0.25) is 11.8 Å². The second kappa shape index (κ2) is 7.45. The van der Waals surface area contributed by atoms with E-state index >= 15 is 0 Å². The Morgan fingerprint density at radius 3 is 2.35 bits per heavy atom. The van der Waals surface area contributed by atoms with Gasteiger partial charge in [0, 0.05) is 16.9 Å². The molecule has 2 rings (SSSR count). The van der Waals surface area contributed by atoms with Crippen molar-refractivity contribution in [3.05, 3.63) is 59.7 Å². The lowest BCUT2D eigenvalue weighted by atomic mass is 10.1. The van der Waals surface area contributed by atoms with Crippen molar-refractivity contribution in [3.63, 3.8) is 0 Å². The van der Waals surface area contributed by atoms with E-state index in [9.17, 15) is 9.59 Å². The fourth-order valence-electron chi connectivity index (χ4n) is 2.24. The summed E-state index contributed by atoms with van der Waals surface area (Å²) in [6, 6.07) is 14.0. The van der Waals surface area contributed by atoms with Crippen LogP contribution in [0.2, 0.25) is 0 Å². The Morgan fingerprint density at radius 2 is 1.74 bits per heavy atom. The van der Waals surface area contributed by atoms with Gasteiger partial charge >= 0.3 is 0 Å². The molecule has 2 aromatic carbocycles. The van der Waals surface area contributed by atoms with E-state index < -0.39 is 11.9 Å². The number of hydrogen-bond acceptors (Lipinski definition) is 3. The third-order valence-corrected chi connectivity index (χ3v) is 3.60. The lowest BCUT2D eigenvalue weighted by Crippen LogP contribution is -2.32.